The van der Waals surface area contributed by atoms with Gasteiger partial charge in [0.05, 0.1) is 0 Å². The molecule has 1 aliphatic carbocycles. The lowest BCUT2D eigenvalue weighted by Crippen LogP contribution is -2.37. The van der Waals surface area contributed by atoms with Gasteiger partial charge in [0.2, 0.25) is 0 Å². The van der Waals surface area contributed by atoms with Gasteiger partial charge in [0.1, 0.15) is 11.6 Å². The fraction of sp³-hybridized carbons (Fsp3) is 0.435. The Morgan fingerprint density at radius 3 is 2.18 bits per heavy atom. The monoisotopic (exact) mass is 386 g/mol. The van der Waals surface area contributed by atoms with E-state index in [2.05, 4.69) is 31.4 Å². The molecule has 150 valence electrons. The summed E-state index contributed by atoms with van der Waals surface area (Å²) in [4.78, 5) is 12.4. The van der Waals surface area contributed by atoms with E-state index < -0.39 is 17.0 Å². The van der Waals surface area contributed by atoms with Crippen LogP contribution < -0.4 is 10.6 Å². The van der Waals surface area contributed by atoms with E-state index in [1.807, 2.05) is 38.1 Å². The molecule has 2 aromatic rings. The first-order valence-electron chi connectivity index (χ1n) is 9.56. The highest BCUT2D eigenvalue weighted by Crippen LogP contribution is 2.64. The van der Waals surface area contributed by atoms with Crippen molar-refractivity contribution in [3.05, 3.63) is 65.2 Å². The van der Waals surface area contributed by atoms with Crippen LogP contribution in [0.5, 0.6) is 0 Å². The van der Waals surface area contributed by atoms with Gasteiger partial charge in [0, 0.05) is 23.7 Å². The number of anilines is 1. The third-order valence-corrected chi connectivity index (χ3v) is 5.92. The van der Waals surface area contributed by atoms with Crippen molar-refractivity contribution in [1.29, 1.82) is 0 Å². The van der Waals surface area contributed by atoms with E-state index in [-0.39, 0.29) is 23.4 Å². The maximum atomic E-state index is 14.4. The number of hydrogen-bond acceptors (Lipinski definition) is 1. The minimum Gasteiger partial charge on any atom is -0.337 e. The highest BCUT2D eigenvalue weighted by Gasteiger charge is 2.62. The average Bonchev–Trinajstić information content (AvgIpc) is 3.14. The maximum absolute atomic E-state index is 14.4. The summed E-state index contributed by atoms with van der Waals surface area (Å²) < 4.78 is 27.7. The molecule has 1 aliphatic rings. The zero-order chi connectivity index (χ0) is 20.7. The maximum Gasteiger partial charge on any atom is 0.319 e. The number of carbonyl (C=O) groups excluding carboxylic acids is 1. The molecule has 0 aliphatic heterocycles. The Hall–Kier alpha value is -2.43. The van der Waals surface area contributed by atoms with E-state index in [0.29, 0.717) is 11.3 Å². The fourth-order valence-corrected chi connectivity index (χ4v) is 3.90. The molecule has 3 rings (SSSR count). The van der Waals surface area contributed by atoms with Crippen molar-refractivity contribution in [1.82, 2.24) is 5.32 Å². The second-order valence-electron chi connectivity index (χ2n) is 9.40. The lowest BCUT2D eigenvalue weighted by atomic mass is 9.87. The minimum absolute atomic E-state index is 0.0456. The predicted octanol–water partition coefficient (Wildman–Crippen LogP) is 5.75. The van der Waals surface area contributed by atoms with Crippen LogP contribution in [0.2, 0.25) is 0 Å². The number of halogens is 2. The van der Waals surface area contributed by atoms with Gasteiger partial charge < -0.3 is 10.6 Å². The first-order valence-corrected chi connectivity index (χ1v) is 9.56. The Morgan fingerprint density at radius 1 is 1.07 bits per heavy atom. The quantitative estimate of drug-likeness (QED) is 0.690. The summed E-state index contributed by atoms with van der Waals surface area (Å²) in [5, 5.41) is 5.68. The molecular weight excluding hydrogens is 358 g/mol. The van der Waals surface area contributed by atoms with Crippen LogP contribution in [0.1, 0.15) is 52.2 Å². The SMILES string of the molecule is CC(C)(C)c1ccc(NC(=O)NCC2(c3ccc(F)cc3F)CC2(C)C)cc1. The van der Waals surface area contributed by atoms with Crippen molar-refractivity contribution < 1.29 is 13.6 Å². The van der Waals surface area contributed by atoms with Crippen LogP contribution in [0.4, 0.5) is 19.3 Å². The Kier molecular flexibility index (Phi) is 4.98. The molecule has 3 nitrogen and oxygen atoms in total. The van der Waals surface area contributed by atoms with Crippen molar-refractivity contribution in [2.75, 3.05) is 11.9 Å². The highest BCUT2D eigenvalue weighted by molar-refractivity contribution is 5.89. The summed E-state index contributed by atoms with van der Waals surface area (Å²) in [6.07, 6.45) is 0.725. The van der Waals surface area contributed by atoms with Crippen molar-refractivity contribution in [3.8, 4) is 0 Å². The topological polar surface area (TPSA) is 41.1 Å². The summed E-state index contributed by atoms with van der Waals surface area (Å²) in [6, 6.07) is 11.1. The van der Waals surface area contributed by atoms with Gasteiger partial charge >= 0.3 is 6.03 Å². The van der Waals surface area contributed by atoms with E-state index in [1.54, 1.807) is 0 Å². The van der Waals surface area contributed by atoms with Gasteiger partial charge in [-0.15, -0.1) is 0 Å². The lowest BCUT2D eigenvalue weighted by Gasteiger charge is -2.23. The number of amides is 2. The Balaban J connectivity index is 1.67. The number of nitrogens with one attached hydrogen (secondary N) is 2. The standard InChI is InChI=1S/C23H28F2N2O/c1-21(2,3)15-6-9-17(10-7-15)27-20(28)26-14-23(13-22(23,4)5)18-11-8-16(24)12-19(18)25/h6-12H,13-14H2,1-5H3,(H2,26,27,28). The number of hydrogen-bond donors (Lipinski definition) is 2. The molecule has 0 saturated heterocycles. The largest absolute Gasteiger partial charge is 0.337 e. The molecule has 0 bridgehead atoms. The summed E-state index contributed by atoms with van der Waals surface area (Å²) in [6.45, 7) is 10.7. The van der Waals surface area contributed by atoms with Crippen LogP contribution in [0, 0.1) is 17.0 Å². The Bertz CT molecular complexity index is 884. The molecule has 1 atom stereocenters. The normalized spacial score (nSPS) is 20.5. The fourth-order valence-electron chi connectivity index (χ4n) is 3.90. The van der Waals surface area contributed by atoms with Gasteiger partial charge in [-0.2, -0.15) is 0 Å². The predicted molar refractivity (Wildman–Crippen MR) is 109 cm³/mol. The molecular formula is C23H28F2N2O. The van der Waals surface area contributed by atoms with Crippen LogP contribution in [0.3, 0.4) is 0 Å². The zero-order valence-corrected chi connectivity index (χ0v) is 17.1. The summed E-state index contributed by atoms with van der Waals surface area (Å²) >= 11 is 0. The van der Waals surface area contributed by atoms with E-state index in [1.165, 1.54) is 17.7 Å². The molecule has 2 N–H and O–H groups in total. The van der Waals surface area contributed by atoms with Gasteiger partial charge in [-0.3, -0.25) is 0 Å². The molecule has 1 saturated carbocycles. The van der Waals surface area contributed by atoms with E-state index in [4.69, 9.17) is 0 Å². The smallest absolute Gasteiger partial charge is 0.319 e. The lowest BCUT2D eigenvalue weighted by molar-refractivity contribution is 0.250. The van der Waals surface area contributed by atoms with Crippen LogP contribution in [-0.4, -0.2) is 12.6 Å². The summed E-state index contributed by atoms with van der Waals surface area (Å²) in [5.74, 6) is -1.16. The molecule has 2 aromatic carbocycles. The highest BCUT2D eigenvalue weighted by atomic mass is 19.1. The second kappa shape index (κ2) is 6.87. The molecule has 0 heterocycles. The van der Waals surface area contributed by atoms with Crippen LogP contribution >= 0.6 is 0 Å². The van der Waals surface area contributed by atoms with Gasteiger partial charge in [-0.1, -0.05) is 52.8 Å². The number of carbonyl (C=O) groups is 1. The van der Waals surface area contributed by atoms with Gasteiger partial charge in [-0.25, -0.2) is 13.6 Å². The molecule has 1 fully saturated rings. The number of benzene rings is 2. The Morgan fingerprint density at radius 2 is 1.68 bits per heavy atom. The third kappa shape index (κ3) is 3.89. The van der Waals surface area contributed by atoms with Gasteiger partial charge in [0.25, 0.3) is 0 Å². The van der Waals surface area contributed by atoms with Crippen LogP contribution in [0.15, 0.2) is 42.5 Å². The van der Waals surface area contributed by atoms with Gasteiger partial charge in [-0.05, 0) is 46.6 Å². The van der Waals surface area contributed by atoms with Crippen LogP contribution in [0.25, 0.3) is 0 Å². The molecule has 0 radical (unpaired) electrons. The van der Waals surface area contributed by atoms with Crippen LogP contribution in [-0.2, 0) is 10.8 Å². The first-order chi connectivity index (χ1) is 12.9. The van der Waals surface area contributed by atoms with Crippen molar-refractivity contribution in [2.45, 2.75) is 51.9 Å². The van der Waals surface area contributed by atoms with Gasteiger partial charge in [0.15, 0.2) is 0 Å². The molecule has 2 amide bonds. The van der Waals surface area contributed by atoms with E-state index in [9.17, 15) is 13.6 Å². The van der Waals surface area contributed by atoms with E-state index >= 15 is 0 Å². The number of urea groups is 1. The average molecular weight is 386 g/mol. The minimum atomic E-state index is -0.598. The number of rotatable bonds is 4. The molecule has 1 unspecified atom stereocenters. The first kappa shape index (κ1) is 20.3. The zero-order valence-electron chi connectivity index (χ0n) is 17.1. The second-order valence-corrected chi connectivity index (χ2v) is 9.40. The van der Waals surface area contributed by atoms with Crippen molar-refractivity contribution >= 4 is 11.7 Å². The van der Waals surface area contributed by atoms with Crippen molar-refractivity contribution in [2.24, 2.45) is 5.41 Å². The molecule has 0 spiro atoms. The van der Waals surface area contributed by atoms with Crippen molar-refractivity contribution in [3.63, 3.8) is 0 Å². The molecule has 28 heavy (non-hydrogen) atoms. The molecule has 5 heteroatoms. The van der Waals surface area contributed by atoms with E-state index in [0.717, 1.165) is 12.5 Å². The molecule has 0 aromatic heterocycles. The Labute approximate surface area is 165 Å². The summed E-state index contributed by atoms with van der Waals surface area (Å²) in [7, 11) is 0. The third-order valence-electron chi connectivity index (χ3n) is 5.92. The summed E-state index contributed by atoms with van der Waals surface area (Å²) in [5.41, 5.74) is 1.68.